The maximum absolute atomic E-state index is 12.8. The summed E-state index contributed by atoms with van der Waals surface area (Å²) in [6, 6.07) is 19.3. The van der Waals surface area contributed by atoms with E-state index < -0.39 is 0 Å². The van der Waals surface area contributed by atoms with Gasteiger partial charge in [-0.25, -0.2) is 0 Å². The van der Waals surface area contributed by atoms with E-state index in [4.69, 9.17) is 9.47 Å². The second-order valence-corrected chi connectivity index (χ2v) is 6.10. The van der Waals surface area contributed by atoms with Gasteiger partial charge in [0.15, 0.2) is 0 Å². The van der Waals surface area contributed by atoms with Crippen molar-refractivity contribution in [1.29, 1.82) is 0 Å². The minimum absolute atomic E-state index is 0.130. The fourth-order valence-corrected chi connectivity index (χ4v) is 2.94. The van der Waals surface area contributed by atoms with Crippen LogP contribution in [0.4, 0.5) is 0 Å². The molecule has 0 aromatic heterocycles. The predicted octanol–water partition coefficient (Wildman–Crippen LogP) is 4.74. The molecule has 0 saturated carbocycles. The first kappa shape index (κ1) is 17.8. The number of amides is 1. The number of methoxy groups -OCH3 is 1. The smallest absolute Gasteiger partial charge is 0.255 e. The van der Waals surface area contributed by atoms with Crippen LogP contribution in [-0.2, 0) is 0 Å². The molecule has 0 aliphatic heterocycles. The van der Waals surface area contributed by atoms with Crippen molar-refractivity contribution in [3.63, 3.8) is 0 Å². The molecule has 0 radical (unpaired) electrons. The summed E-state index contributed by atoms with van der Waals surface area (Å²) in [5.74, 6) is 1.24. The Morgan fingerprint density at radius 1 is 1.04 bits per heavy atom. The Kier molecular flexibility index (Phi) is 5.42. The third kappa shape index (κ3) is 3.80. The molecule has 134 valence electrons. The van der Waals surface area contributed by atoms with E-state index in [1.165, 1.54) is 0 Å². The van der Waals surface area contributed by atoms with E-state index in [-0.39, 0.29) is 11.9 Å². The molecule has 3 aromatic rings. The average Bonchev–Trinajstić information content (AvgIpc) is 2.67. The Hall–Kier alpha value is -3.01. The summed E-state index contributed by atoms with van der Waals surface area (Å²) < 4.78 is 10.9. The van der Waals surface area contributed by atoms with Crippen molar-refractivity contribution in [2.75, 3.05) is 13.7 Å². The molecule has 0 aliphatic rings. The van der Waals surface area contributed by atoms with Crippen LogP contribution in [0.15, 0.2) is 60.7 Å². The fourth-order valence-electron chi connectivity index (χ4n) is 2.94. The SMILES string of the molecule is CCOc1ccc([C@H](C)NC(=O)c2cc3ccccc3cc2OC)cc1. The monoisotopic (exact) mass is 349 g/mol. The lowest BCUT2D eigenvalue weighted by molar-refractivity contribution is 0.0937. The van der Waals surface area contributed by atoms with Crippen LogP contribution in [0, 0.1) is 0 Å². The molecular weight excluding hydrogens is 326 g/mol. The van der Waals surface area contributed by atoms with Gasteiger partial charge in [-0.15, -0.1) is 0 Å². The van der Waals surface area contributed by atoms with E-state index in [1.54, 1.807) is 7.11 Å². The van der Waals surface area contributed by atoms with Crippen molar-refractivity contribution < 1.29 is 14.3 Å². The lowest BCUT2D eigenvalue weighted by Crippen LogP contribution is -2.27. The number of carbonyl (C=O) groups excluding carboxylic acids is 1. The zero-order valence-corrected chi connectivity index (χ0v) is 15.3. The molecule has 0 unspecified atom stereocenters. The van der Waals surface area contributed by atoms with Crippen LogP contribution >= 0.6 is 0 Å². The van der Waals surface area contributed by atoms with E-state index in [2.05, 4.69) is 5.32 Å². The Morgan fingerprint density at radius 2 is 1.69 bits per heavy atom. The summed E-state index contributed by atoms with van der Waals surface area (Å²) in [5.41, 5.74) is 1.55. The highest BCUT2D eigenvalue weighted by atomic mass is 16.5. The maximum atomic E-state index is 12.8. The van der Waals surface area contributed by atoms with Crippen molar-refractivity contribution in [2.24, 2.45) is 0 Å². The van der Waals surface area contributed by atoms with Gasteiger partial charge in [0.05, 0.1) is 25.3 Å². The van der Waals surface area contributed by atoms with Crippen LogP contribution in [0.5, 0.6) is 11.5 Å². The van der Waals surface area contributed by atoms with Crippen LogP contribution in [0.25, 0.3) is 10.8 Å². The van der Waals surface area contributed by atoms with E-state index in [1.807, 2.05) is 74.5 Å². The highest BCUT2D eigenvalue weighted by molar-refractivity contribution is 6.01. The number of hydrogen-bond donors (Lipinski definition) is 1. The minimum atomic E-state index is -0.158. The van der Waals surface area contributed by atoms with Gasteiger partial charge in [0.25, 0.3) is 5.91 Å². The summed E-state index contributed by atoms with van der Waals surface area (Å²) in [4.78, 5) is 12.8. The van der Waals surface area contributed by atoms with Gasteiger partial charge in [-0.3, -0.25) is 4.79 Å². The number of rotatable bonds is 6. The minimum Gasteiger partial charge on any atom is -0.496 e. The van der Waals surface area contributed by atoms with E-state index in [0.29, 0.717) is 17.9 Å². The van der Waals surface area contributed by atoms with Crippen LogP contribution in [0.3, 0.4) is 0 Å². The van der Waals surface area contributed by atoms with Crippen LogP contribution in [0.2, 0.25) is 0 Å². The molecule has 1 atom stereocenters. The maximum Gasteiger partial charge on any atom is 0.255 e. The number of hydrogen-bond acceptors (Lipinski definition) is 3. The van der Waals surface area contributed by atoms with Crippen LogP contribution < -0.4 is 14.8 Å². The predicted molar refractivity (Wildman–Crippen MR) is 104 cm³/mol. The van der Waals surface area contributed by atoms with Crippen molar-refractivity contribution in [3.05, 3.63) is 71.8 Å². The Morgan fingerprint density at radius 3 is 2.31 bits per heavy atom. The van der Waals surface area contributed by atoms with Gasteiger partial charge in [0.1, 0.15) is 11.5 Å². The number of nitrogens with one attached hydrogen (secondary N) is 1. The third-order valence-corrected chi connectivity index (χ3v) is 4.35. The van der Waals surface area contributed by atoms with E-state index >= 15 is 0 Å². The van der Waals surface area contributed by atoms with Crippen molar-refractivity contribution >= 4 is 16.7 Å². The molecule has 0 spiro atoms. The molecular formula is C22H23NO3. The number of carbonyl (C=O) groups is 1. The highest BCUT2D eigenvalue weighted by Crippen LogP contribution is 2.27. The number of benzene rings is 3. The van der Waals surface area contributed by atoms with Crippen LogP contribution in [0.1, 0.15) is 35.8 Å². The zero-order chi connectivity index (χ0) is 18.5. The van der Waals surface area contributed by atoms with Crippen molar-refractivity contribution in [3.8, 4) is 11.5 Å². The molecule has 0 saturated heterocycles. The molecule has 4 heteroatoms. The van der Waals surface area contributed by atoms with Gasteiger partial charge in [0.2, 0.25) is 0 Å². The van der Waals surface area contributed by atoms with E-state index in [0.717, 1.165) is 22.1 Å². The molecule has 0 aliphatic carbocycles. The first-order chi connectivity index (χ1) is 12.6. The molecule has 1 amide bonds. The average molecular weight is 349 g/mol. The summed E-state index contributed by atoms with van der Waals surface area (Å²) in [5, 5.41) is 5.09. The standard InChI is InChI=1S/C22H23NO3/c1-4-26-19-11-9-16(10-12-19)15(2)23-22(24)20-13-17-7-5-6-8-18(17)14-21(20)25-3/h5-15H,4H2,1-3H3,(H,23,24)/t15-/m0/s1. The molecule has 0 fully saturated rings. The van der Waals surface area contributed by atoms with Gasteiger partial charge >= 0.3 is 0 Å². The second-order valence-electron chi connectivity index (χ2n) is 6.10. The van der Waals surface area contributed by atoms with Crippen LogP contribution in [-0.4, -0.2) is 19.6 Å². The lowest BCUT2D eigenvalue weighted by Gasteiger charge is -2.17. The van der Waals surface area contributed by atoms with E-state index in [9.17, 15) is 4.79 Å². The highest BCUT2D eigenvalue weighted by Gasteiger charge is 2.16. The lowest BCUT2D eigenvalue weighted by atomic mass is 10.0. The molecule has 4 nitrogen and oxygen atoms in total. The van der Waals surface area contributed by atoms with Gasteiger partial charge in [-0.1, -0.05) is 36.4 Å². The van der Waals surface area contributed by atoms with Gasteiger partial charge in [-0.05, 0) is 54.4 Å². The topological polar surface area (TPSA) is 47.6 Å². The fraction of sp³-hybridized carbons (Fsp3) is 0.227. The van der Waals surface area contributed by atoms with Gasteiger partial charge in [0, 0.05) is 0 Å². The first-order valence-electron chi connectivity index (χ1n) is 8.72. The second kappa shape index (κ2) is 7.91. The summed E-state index contributed by atoms with van der Waals surface area (Å²) in [6.45, 7) is 4.54. The van der Waals surface area contributed by atoms with Gasteiger partial charge in [-0.2, -0.15) is 0 Å². The quantitative estimate of drug-likeness (QED) is 0.699. The summed E-state index contributed by atoms with van der Waals surface area (Å²) in [7, 11) is 1.58. The number of fused-ring (bicyclic) bond motifs is 1. The van der Waals surface area contributed by atoms with Crippen molar-refractivity contribution in [1.82, 2.24) is 5.32 Å². The number of ether oxygens (including phenoxy) is 2. The molecule has 0 bridgehead atoms. The molecule has 1 N–H and O–H groups in total. The third-order valence-electron chi connectivity index (χ3n) is 4.35. The molecule has 3 rings (SSSR count). The summed E-state index contributed by atoms with van der Waals surface area (Å²) >= 11 is 0. The Labute approximate surface area is 153 Å². The molecule has 26 heavy (non-hydrogen) atoms. The largest absolute Gasteiger partial charge is 0.496 e. The molecule has 0 heterocycles. The van der Waals surface area contributed by atoms with Gasteiger partial charge < -0.3 is 14.8 Å². The molecule has 3 aromatic carbocycles. The Bertz CT molecular complexity index is 903. The Balaban J connectivity index is 1.81. The summed E-state index contributed by atoms with van der Waals surface area (Å²) in [6.07, 6.45) is 0. The normalized spacial score (nSPS) is 11.8. The van der Waals surface area contributed by atoms with Crippen molar-refractivity contribution in [2.45, 2.75) is 19.9 Å². The first-order valence-corrected chi connectivity index (χ1v) is 8.72. The zero-order valence-electron chi connectivity index (χ0n) is 15.3.